The first-order chi connectivity index (χ1) is 9.63. The molecule has 1 heterocycles. The molecule has 0 bridgehead atoms. The minimum absolute atomic E-state index is 0.646. The van der Waals surface area contributed by atoms with E-state index in [2.05, 4.69) is 65.9 Å². The fourth-order valence-corrected chi connectivity index (χ4v) is 2.34. The van der Waals surface area contributed by atoms with Gasteiger partial charge in [0, 0.05) is 26.2 Å². The van der Waals surface area contributed by atoms with Gasteiger partial charge in [-0.2, -0.15) is 0 Å². The monoisotopic (exact) mass is 274 g/mol. The first-order valence-corrected chi connectivity index (χ1v) is 7.44. The Morgan fingerprint density at radius 2 is 2.10 bits per heavy atom. The van der Waals surface area contributed by atoms with Gasteiger partial charge in [0.1, 0.15) is 5.82 Å². The number of hydrogen-bond acceptors (Lipinski definition) is 3. The Bertz CT molecular complexity index is 546. The third-order valence-electron chi connectivity index (χ3n) is 4.15. The zero-order valence-corrected chi connectivity index (χ0v) is 13.1. The zero-order valence-electron chi connectivity index (χ0n) is 13.1. The highest BCUT2D eigenvalue weighted by molar-refractivity contribution is 5.75. The molecule has 0 radical (unpaired) electrons. The summed E-state index contributed by atoms with van der Waals surface area (Å²) in [6.45, 7) is 7.38. The van der Waals surface area contributed by atoms with Crippen LogP contribution in [0.3, 0.4) is 0 Å². The molecule has 0 aliphatic rings. The number of likely N-dealkylation sites (N-methyl/N-ethyl adjacent to an activating group) is 1. The number of aryl methyl sites for hydroxylation is 1. The molecule has 0 spiro atoms. The summed E-state index contributed by atoms with van der Waals surface area (Å²) in [6, 6.07) is 8.92. The molecule has 1 atom stereocenters. The summed E-state index contributed by atoms with van der Waals surface area (Å²) >= 11 is 0. The molecule has 0 amide bonds. The van der Waals surface area contributed by atoms with E-state index >= 15 is 0 Å². The Morgan fingerprint density at radius 1 is 1.35 bits per heavy atom. The molecule has 0 aliphatic heterocycles. The second-order valence-electron chi connectivity index (χ2n) is 5.49. The van der Waals surface area contributed by atoms with Crippen molar-refractivity contribution in [2.24, 2.45) is 7.05 Å². The number of hydrogen-bond donors (Lipinski definition) is 1. The van der Waals surface area contributed by atoms with E-state index in [1.165, 1.54) is 11.9 Å². The quantitative estimate of drug-likeness (QED) is 0.787. The number of nitrogens with zero attached hydrogens (tertiary/aromatic N) is 3. The van der Waals surface area contributed by atoms with Crippen LogP contribution in [-0.4, -0.2) is 40.6 Å². The Kier molecular flexibility index (Phi) is 5.15. The lowest BCUT2D eigenvalue weighted by Gasteiger charge is -2.23. The molecule has 0 fully saturated rings. The molecule has 1 aromatic carbocycles. The molecule has 4 heteroatoms. The first-order valence-electron chi connectivity index (χ1n) is 7.44. The van der Waals surface area contributed by atoms with Gasteiger partial charge in [-0.1, -0.05) is 19.1 Å². The number of benzene rings is 1. The Morgan fingerprint density at radius 3 is 2.80 bits per heavy atom. The molecule has 4 nitrogen and oxygen atoms in total. The number of rotatable bonds is 7. The van der Waals surface area contributed by atoms with Gasteiger partial charge in [-0.15, -0.1) is 0 Å². The van der Waals surface area contributed by atoms with Crippen molar-refractivity contribution >= 4 is 11.0 Å². The lowest BCUT2D eigenvalue weighted by atomic mass is 10.2. The predicted octanol–water partition coefficient (Wildman–Crippen LogP) is 2.39. The van der Waals surface area contributed by atoms with Gasteiger partial charge in [-0.05, 0) is 32.5 Å². The second kappa shape index (κ2) is 6.86. The van der Waals surface area contributed by atoms with E-state index in [0.717, 1.165) is 31.0 Å². The molecular formula is C16H26N4. The Hall–Kier alpha value is -1.39. The van der Waals surface area contributed by atoms with Crippen molar-refractivity contribution in [1.82, 2.24) is 19.8 Å². The van der Waals surface area contributed by atoms with Crippen LogP contribution in [0.5, 0.6) is 0 Å². The third-order valence-corrected chi connectivity index (χ3v) is 4.15. The van der Waals surface area contributed by atoms with Crippen molar-refractivity contribution in [2.45, 2.75) is 32.9 Å². The highest BCUT2D eigenvalue weighted by Gasteiger charge is 2.08. The number of aromatic nitrogens is 2. The summed E-state index contributed by atoms with van der Waals surface area (Å²) in [5.41, 5.74) is 2.27. The van der Waals surface area contributed by atoms with Gasteiger partial charge >= 0.3 is 0 Å². The lowest BCUT2D eigenvalue weighted by Crippen LogP contribution is -2.35. The molecule has 110 valence electrons. The fraction of sp³-hybridized carbons (Fsp3) is 0.562. The van der Waals surface area contributed by atoms with Crippen molar-refractivity contribution in [3.63, 3.8) is 0 Å². The van der Waals surface area contributed by atoms with Crippen LogP contribution in [0.1, 0.15) is 26.1 Å². The van der Waals surface area contributed by atoms with Crippen LogP contribution in [0.2, 0.25) is 0 Å². The van der Waals surface area contributed by atoms with E-state index in [-0.39, 0.29) is 0 Å². The molecule has 20 heavy (non-hydrogen) atoms. The molecule has 1 unspecified atom stereocenters. The van der Waals surface area contributed by atoms with Crippen molar-refractivity contribution in [3.05, 3.63) is 30.1 Å². The summed E-state index contributed by atoms with van der Waals surface area (Å²) < 4.78 is 2.17. The topological polar surface area (TPSA) is 33.1 Å². The maximum atomic E-state index is 4.67. The van der Waals surface area contributed by atoms with Crippen molar-refractivity contribution in [1.29, 1.82) is 0 Å². The third kappa shape index (κ3) is 3.38. The van der Waals surface area contributed by atoms with Gasteiger partial charge in [0.2, 0.25) is 0 Å². The Balaban J connectivity index is 1.86. The van der Waals surface area contributed by atoms with E-state index < -0.39 is 0 Å². The van der Waals surface area contributed by atoms with E-state index in [4.69, 9.17) is 0 Å². The lowest BCUT2D eigenvalue weighted by molar-refractivity contribution is 0.251. The molecule has 2 aromatic rings. The van der Waals surface area contributed by atoms with E-state index in [1.54, 1.807) is 0 Å². The smallest absolute Gasteiger partial charge is 0.123 e. The summed E-state index contributed by atoms with van der Waals surface area (Å²) in [4.78, 5) is 7.06. The van der Waals surface area contributed by atoms with Crippen LogP contribution in [0, 0.1) is 0 Å². The van der Waals surface area contributed by atoms with Crippen LogP contribution in [-0.2, 0) is 13.6 Å². The van der Waals surface area contributed by atoms with E-state index in [9.17, 15) is 0 Å². The van der Waals surface area contributed by atoms with Gasteiger partial charge in [0.05, 0.1) is 17.6 Å². The highest BCUT2D eigenvalue weighted by atomic mass is 15.1. The van der Waals surface area contributed by atoms with Gasteiger partial charge < -0.3 is 14.8 Å². The maximum absolute atomic E-state index is 4.67. The molecule has 2 rings (SSSR count). The Labute approximate surface area is 121 Å². The van der Waals surface area contributed by atoms with Gasteiger partial charge in [-0.3, -0.25) is 0 Å². The van der Waals surface area contributed by atoms with E-state index in [0.29, 0.717) is 6.04 Å². The van der Waals surface area contributed by atoms with E-state index in [1.807, 2.05) is 6.07 Å². The SMILES string of the molecule is CCC(C)N(C)CCNCc1nc2ccccc2n1C. The first kappa shape index (κ1) is 15.0. The van der Waals surface area contributed by atoms with Crippen molar-refractivity contribution < 1.29 is 0 Å². The van der Waals surface area contributed by atoms with Crippen LogP contribution < -0.4 is 5.32 Å². The van der Waals surface area contributed by atoms with Gasteiger partial charge in [-0.25, -0.2) is 4.98 Å². The zero-order chi connectivity index (χ0) is 14.5. The number of imidazole rings is 1. The molecule has 0 saturated heterocycles. The minimum atomic E-state index is 0.646. The maximum Gasteiger partial charge on any atom is 0.123 e. The second-order valence-corrected chi connectivity index (χ2v) is 5.49. The average molecular weight is 274 g/mol. The number of nitrogens with one attached hydrogen (secondary N) is 1. The minimum Gasteiger partial charge on any atom is -0.330 e. The van der Waals surface area contributed by atoms with Crippen molar-refractivity contribution in [3.8, 4) is 0 Å². The average Bonchev–Trinajstić information content (AvgIpc) is 2.79. The normalized spacial score (nSPS) is 13.2. The van der Waals surface area contributed by atoms with Gasteiger partial charge in [0.25, 0.3) is 0 Å². The summed E-state index contributed by atoms with van der Waals surface area (Å²) in [5, 5.41) is 3.49. The van der Waals surface area contributed by atoms with Crippen LogP contribution in [0.15, 0.2) is 24.3 Å². The number of fused-ring (bicyclic) bond motifs is 1. The largest absolute Gasteiger partial charge is 0.330 e. The summed E-state index contributed by atoms with van der Waals surface area (Å²) in [6.07, 6.45) is 1.20. The summed E-state index contributed by atoms with van der Waals surface area (Å²) in [7, 11) is 4.27. The van der Waals surface area contributed by atoms with Gasteiger partial charge in [0.15, 0.2) is 0 Å². The standard InChI is InChI=1S/C16H26N4/c1-5-13(2)19(3)11-10-17-12-16-18-14-8-6-7-9-15(14)20(16)4/h6-9,13,17H,5,10-12H2,1-4H3. The number of para-hydroxylation sites is 2. The molecule has 0 aliphatic carbocycles. The molecular weight excluding hydrogens is 248 g/mol. The summed E-state index contributed by atoms with van der Waals surface area (Å²) in [5.74, 6) is 1.09. The molecule has 0 saturated carbocycles. The van der Waals surface area contributed by atoms with Crippen LogP contribution in [0.25, 0.3) is 11.0 Å². The molecule has 1 N–H and O–H groups in total. The van der Waals surface area contributed by atoms with Crippen LogP contribution in [0.4, 0.5) is 0 Å². The highest BCUT2D eigenvalue weighted by Crippen LogP contribution is 2.13. The molecule has 1 aromatic heterocycles. The predicted molar refractivity (Wildman–Crippen MR) is 84.8 cm³/mol. The van der Waals surface area contributed by atoms with Crippen LogP contribution >= 0.6 is 0 Å². The van der Waals surface area contributed by atoms with Crippen molar-refractivity contribution in [2.75, 3.05) is 20.1 Å². The fourth-order valence-electron chi connectivity index (χ4n) is 2.34.